The molecule has 0 radical (unpaired) electrons. The zero-order chi connectivity index (χ0) is 13.2. The topological polar surface area (TPSA) is 70.9 Å². The molecule has 1 aliphatic heterocycles. The van der Waals surface area contributed by atoms with Crippen molar-refractivity contribution in [3.8, 4) is 0 Å². The second-order valence-electron chi connectivity index (χ2n) is 3.86. The molecular weight excluding hydrogens is 252 g/mol. The Labute approximate surface area is 109 Å². The maximum atomic E-state index is 11.3. The van der Waals surface area contributed by atoms with Gasteiger partial charge in [-0.05, 0) is 6.92 Å². The summed E-state index contributed by atoms with van der Waals surface area (Å²) in [4.78, 5) is 15.5. The molecule has 0 unspecified atom stereocenters. The monoisotopic (exact) mass is 266 g/mol. The molecule has 0 spiro atoms. The number of ether oxygens (including phenoxy) is 1. The van der Waals surface area contributed by atoms with Gasteiger partial charge in [0.1, 0.15) is 5.37 Å². The largest absolute Gasteiger partial charge is 0.453 e. The van der Waals surface area contributed by atoms with Crippen LogP contribution in [-0.4, -0.2) is 28.7 Å². The SMILES string of the molecule is COC(=O)N[C@H]1SC(C)=N[C@@]1(O)c1ccccc1. The second-order valence-corrected chi connectivity index (χ2v) is 5.15. The second kappa shape index (κ2) is 4.99. The molecule has 0 saturated heterocycles. The standard InChI is InChI=1S/C12H14N2O3S/c1-8-14-12(16,9-6-4-3-5-7-9)10(18-8)13-11(15)17-2/h3-7,10,16H,1-2H3,(H,13,15)/t10-,12+/m0/s1. The van der Waals surface area contributed by atoms with Crippen LogP contribution < -0.4 is 5.32 Å². The number of thioether (sulfide) groups is 1. The summed E-state index contributed by atoms with van der Waals surface area (Å²) in [5.41, 5.74) is -0.819. The number of hydrogen-bond acceptors (Lipinski definition) is 5. The lowest BCUT2D eigenvalue weighted by molar-refractivity contribution is 0.0372. The fourth-order valence-corrected chi connectivity index (χ4v) is 2.81. The van der Waals surface area contributed by atoms with E-state index in [9.17, 15) is 9.90 Å². The van der Waals surface area contributed by atoms with Gasteiger partial charge in [0.25, 0.3) is 0 Å². The van der Waals surface area contributed by atoms with Gasteiger partial charge in [-0.15, -0.1) is 0 Å². The van der Waals surface area contributed by atoms with Crippen molar-refractivity contribution in [3.63, 3.8) is 0 Å². The first kappa shape index (κ1) is 12.9. The van der Waals surface area contributed by atoms with Crippen molar-refractivity contribution >= 4 is 22.9 Å². The van der Waals surface area contributed by atoms with Crippen LogP contribution in [0.4, 0.5) is 4.79 Å². The van der Waals surface area contributed by atoms with Gasteiger partial charge in [0, 0.05) is 5.56 Å². The molecule has 5 nitrogen and oxygen atoms in total. The number of carbonyl (C=O) groups excluding carboxylic acids is 1. The van der Waals surface area contributed by atoms with Crippen molar-refractivity contribution in [1.82, 2.24) is 5.32 Å². The molecule has 2 N–H and O–H groups in total. The number of rotatable bonds is 2. The molecule has 1 aliphatic rings. The molecule has 6 heteroatoms. The Kier molecular flexibility index (Phi) is 3.58. The molecule has 96 valence electrons. The molecule has 0 saturated carbocycles. The zero-order valence-electron chi connectivity index (χ0n) is 10.1. The number of nitrogens with one attached hydrogen (secondary N) is 1. The third-order valence-electron chi connectivity index (χ3n) is 2.61. The van der Waals surface area contributed by atoms with E-state index in [4.69, 9.17) is 0 Å². The third-order valence-corrected chi connectivity index (χ3v) is 3.73. The highest BCUT2D eigenvalue weighted by Crippen LogP contribution is 2.39. The first-order valence-electron chi connectivity index (χ1n) is 5.42. The molecule has 0 aromatic heterocycles. The summed E-state index contributed by atoms with van der Waals surface area (Å²) in [7, 11) is 1.28. The van der Waals surface area contributed by atoms with Crippen molar-refractivity contribution in [2.75, 3.05) is 7.11 Å². The zero-order valence-corrected chi connectivity index (χ0v) is 10.9. The molecular formula is C12H14N2O3S. The van der Waals surface area contributed by atoms with Gasteiger partial charge in [0.15, 0.2) is 0 Å². The Morgan fingerprint density at radius 1 is 1.50 bits per heavy atom. The first-order valence-corrected chi connectivity index (χ1v) is 6.29. The van der Waals surface area contributed by atoms with Crippen molar-refractivity contribution in [2.24, 2.45) is 4.99 Å². The van der Waals surface area contributed by atoms with Gasteiger partial charge < -0.3 is 15.2 Å². The number of carbonyl (C=O) groups is 1. The molecule has 1 amide bonds. The Morgan fingerprint density at radius 3 is 2.78 bits per heavy atom. The van der Waals surface area contributed by atoms with Crippen molar-refractivity contribution in [1.29, 1.82) is 0 Å². The van der Waals surface area contributed by atoms with Crippen LogP contribution in [-0.2, 0) is 10.5 Å². The average molecular weight is 266 g/mol. The summed E-state index contributed by atoms with van der Waals surface area (Å²) >= 11 is 1.30. The van der Waals surface area contributed by atoms with Gasteiger partial charge in [-0.1, -0.05) is 42.1 Å². The normalized spacial score (nSPS) is 26.6. The minimum atomic E-state index is -1.45. The van der Waals surface area contributed by atoms with E-state index >= 15 is 0 Å². The summed E-state index contributed by atoms with van der Waals surface area (Å²) in [5.74, 6) is 0. The van der Waals surface area contributed by atoms with Gasteiger partial charge in [0.2, 0.25) is 5.72 Å². The van der Waals surface area contributed by atoms with Crippen LogP contribution in [0.2, 0.25) is 0 Å². The molecule has 0 fully saturated rings. The summed E-state index contributed by atoms with van der Waals surface area (Å²) in [6, 6.07) is 9.03. The highest BCUT2D eigenvalue weighted by atomic mass is 32.2. The highest BCUT2D eigenvalue weighted by Gasteiger charge is 2.45. The van der Waals surface area contributed by atoms with Gasteiger partial charge >= 0.3 is 6.09 Å². The van der Waals surface area contributed by atoms with Crippen molar-refractivity contribution in [2.45, 2.75) is 18.0 Å². The molecule has 2 rings (SSSR count). The number of alkyl carbamates (subject to hydrolysis) is 1. The number of hydrogen-bond donors (Lipinski definition) is 2. The Hall–Kier alpha value is -1.53. The fraction of sp³-hybridized carbons (Fsp3) is 0.333. The lowest BCUT2D eigenvalue weighted by Gasteiger charge is -2.27. The van der Waals surface area contributed by atoms with E-state index in [2.05, 4.69) is 15.0 Å². The molecule has 0 aliphatic carbocycles. The first-order chi connectivity index (χ1) is 8.56. The van der Waals surface area contributed by atoms with Crippen LogP contribution in [0.25, 0.3) is 0 Å². The summed E-state index contributed by atoms with van der Waals surface area (Å²) in [6.07, 6.45) is -0.591. The van der Waals surface area contributed by atoms with Gasteiger partial charge in [-0.25, -0.2) is 9.79 Å². The van der Waals surface area contributed by atoms with Crippen LogP contribution in [0.1, 0.15) is 12.5 Å². The maximum Gasteiger partial charge on any atom is 0.407 e. The molecule has 1 heterocycles. The minimum absolute atomic E-state index is 0.590. The summed E-state index contributed by atoms with van der Waals surface area (Å²) in [6.45, 7) is 1.79. The number of aliphatic hydroxyl groups is 1. The number of methoxy groups -OCH3 is 1. The Balaban J connectivity index is 2.30. The van der Waals surface area contributed by atoms with E-state index in [0.717, 1.165) is 0 Å². The van der Waals surface area contributed by atoms with Crippen LogP contribution in [0, 0.1) is 0 Å². The van der Waals surface area contributed by atoms with Crippen molar-refractivity contribution < 1.29 is 14.6 Å². The van der Waals surface area contributed by atoms with E-state index in [1.807, 2.05) is 18.2 Å². The molecule has 2 atom stereocenters. The van der Waals surface area contributed by atoms with Gasteiger partial charge in [-0.3, -0.25) is 0 Å². The van der Waals surface area contributed by atoms with E-state index < -0.39 is 17.2 Å². The van der Waals surface area contributed by atoms with Crippen LogP contribution in [0.3, 0.4) is 0 Å². The van der Waals surface area contributed by atoms with Gasteiger partial charge in [-0.2, -0.15) is 0 Å². The smallest absolute Gasteiger partial charge is 0.407 e. The molecule has 1 aromatic rings. The fourth-order valence-electron chi connectivity index (χ4n) is 1.77. The number of amides is 1. The van der Waals surface area contributed by atoms with Crippen LogP contribution in [0.15, 0.2) is 35.3 Å². The number of aliphatic imine (C=N–C) groups is 1. The van der Waals surface area contributed by atoms with E-state index in [1.165, 1.54) is 18.9 Å². The van der Waals surface area contributed by atoms with E-state index in [0.29, 0.717) is 10.6 Å². The third kappa shape index (κ3) is 2.34. The van der Waals surface area contributed by atoms with Crippen molar-refractivity contribution in [3.05, 3.63) is 35.9 Å². The molecule has 0 bridgehead atoms. The number of benzene rings is 1. The predicted octanol–water partition coefficient (Wildman–Crippen LogP) is 1.68. The minimum Gasteiger partial charge on any atom is -0.453 e. The summed E-state index contributed by atoms with van der Waals surface area (Å²) < 4.78 is 4.55. The highest BCUT2D eigenvalue weighted by molar-refractivity contribution is 8.14. The van der Waals surface area contributed by atoms with Crippen LogP contribution >= 0.6 is 11.8 Å². The van der Waals surface area contributed by atoms with E-state index in [1.54, 1.807) is 19.1 Å². The Morgan fingerprint density at radius 2 is 2.17 bits per heavy atom. The van der Waals surface area contributed by atoms with Gasteiger partial charge in [0.05, 0.1) is 12.2 Å². The molecule has 18 heavy (non-hydrogen) atoms. The Bertz CT molecular complexity index is 477. The molecule has 1 aromatic carbocycles. The lowest BCUT2D eigenvalue weighted by Crippen LogP contribution is -2.45. The van der Waals surface area contributed by atoms with E-state index in [-0.39, 0.29) is 0 Å². The van der Waals surface area contributed by atoms with Crippen LogP contribution in [0.5, 0.6) is 0 Å². The average Bonchev–Trinajstić information content (AvgIpc) is 2.66. The summed E-state index contributed by atoms with van der Waals surface area (Å²) in [5, 5.41) is 13.4. The number of nitrogens with zero attached hydrogens (tertiary/aromatic N) is 1. The lowest BCUT2D eigenvalue weighted by atomic mass is 10.0. The quantitative estimate of drug-likeness (QED) is 0.854. The predicted molar refractivity (Wildman–Crippen MR) is 70.4 cm³/mol. The maximum absolute atomic E-state index is 11.3.